The van der Waals surface area contributed by atoms with Gasteiger partial charge in [-0.2, -0.15) is 0 Å². The van der Waals surface area contributed by atoms with Crippen LogP contribution in [0, 0.1) is 20.8 Å². The molecule has 0 aromatic heterocycles. The first kappa shape index (κ1) is 16.9. The summed E-state index contributed by atoms with van der Waals surface area (Å²) in [5.41, 5.74) is 6.94. The summed E-state index contributed by atoms with van der Waals surface area (Å²) >= 11 is 0. The van der Waals surface area contributed by atoms with Gasteiger partial charge in [0.2, 0.25) is 0 Å². The fraction of sp³-hybridized carbons (Fsp3) is 0.300. The van der Waals surface area contributed by atoms with Crippen molar-refractivity contribution in [1.82, 2.24) is 4.90 Å². The average Bonchev–Trinajstić information content (AvgIpc) is 2.52. The van der Waals surface area contributed by atoms with Crippen LogP contribution < -0.4 is 0 Å². The molecule has 0 aliphatic carbocycles. The highest BCUT2D eigenvalue weighted by Crippen LogP contribution is 2.20. The van der Waals surface area contributed by atoms with Gasteiger partial charge >= 0.3 is 0 Å². The molecule has 0 bridgehead atoms. The van der Waals surface area contributed by atoms with Crippen LogP contribution >= 0.6 is 0 Å². The van der Waals surface area contributed by atoms with Crippen LogP contribution in [0.4, 0.5) is 11.4 Å². The van der Waals surface area contributed by atoms with Crippen LogP contribution in [0.25, 0.3) is 0 Å². The summed E-state index contributed by atoms with van der Waals surface area (Å²) in [6.07, 6.45) is 4.63. The van der Waals surface area contributed by atoms with Crippen molar-refractivity contribution in [3.63, 3.8) is 0 Å². The maximum absolute atomic E-state index is 4.54. The minimum atomic E-state index is 0.985. The fourth-order valence-electron chi connectivity index (χ4n) is 2.37. The Morgan fingerprint density at radius 3 is 1.96 bits per heavy atom. The highest BCUT2D eigenvalue weighted by molar-refractivity contribution is 5.78. The molecule has 3 heteroatoms. The molecule has 0 spiro atoms. The summed E-state index contributed by atoms with van der Waals surface area (Å²) in [5.74, 6) is 0. The van der Waals surface area contributed by atoms with Crippen molar-refractivity contribution in [2.75, 3.05) is 7.05 Å². The van der Waals surface area contributed by atoms with E-state index in [-0.39, 0.29) is 0 Å². The summed E-state index contributed by atoms with van der Waals surface area (Å²) in [4.78, 5) is 10.9. The Morgan fingerprint density at radius 2 is 1.43 bits per heavy atom. The van der Waals surface area contributed by atoms with E-state index in [2.05, 4.69) is 68.0 Å². The maximum atomic E-state index is 4.54. The Hall–Kier alpha value is -2.42. The molecular formula is C20H25N3. The number of hydrogen-bond donors (Lipinski definition) is 0. The first-order valence-corrected chi connectivity index (χ1v) is 7.96. The van der Waals surface area contributed by atoms with Gasteiger partial charge in [0, 0.05) is 7.05 Å². The minimum Gasteiger partial charge on any atom is -0.326 e. The molecule has 2 rings (SSSR count). The molecule has 0 aliphatic rings. The average molecular weight is 307 g/mol. The lowest BCUT2D eigenvalue weighted by Crippen LogP contribution is -2.12. The Balaban J connectivity index is 2.06. The predicted octanol–water partition coefficient (Wildman–Crippen LogP) is 5.13. The molecule has 0 heterocycles. The molecule has 0 atom stereocenters. The molecule has 0 radical (unpaired) electrons. The first-order valence-electron chi connectivity index (χ1n) is 7.96. The van der Waals surface area contributed by atoms with Gasteiger partial charge in [-0.15, -0.1) is 0 Å². The van der Waals surface area contributed by atoms with Crippen molar-refractivity contribution in [1.29, 1.82) is 0 Å². The highest BCUT2D eigenvalue weighted by Gasteiger charge is 1.98. The summed E-state index contributed by atoms with van der Waals surface area (Å²) < 4.78 is 0. The molecule has 0 unspecified atom stereocenters. The zero-order valence-corrected chi connectivity index (χ0v) is 14.7. The van der Waals surface area contributed by atoms with Gasteiger partial charge in [0.1, 0.15) is 0 Å². The topological polar surface area (TPSA) is 28.0 Å². The lowest BCUT2D eigenvalue weighted by atomic mass is 10.1. The molecule has 2 aromatic carbocycles. The molecule has 0 aliphatic heterocycles. The summed E-state index contributed by atoms with van der Waals surface area (Å²) in [6, 6.07) is 12.6. The lowest BCUT2D eigenvalue weighted by Gasteiger charge is -2.08. The van der Waals surface area contributed by atoms with Gasteiger partial charge in [0.25, 0.3) is 0 Å². The zero-order chi connectivity index (χ0) is 16.8. The Labute approximate surface area is 139 Å². The number of benzene rings is 2. The SMILES string of the molecule is CCc1ccc(/N=C/N(C)C=Nc2ccc(C)cc2C)c(C)c1. The van der Waals surface area contributed by atoms with Crippen molar-refractivity contribution in [2.24, 2.45) is 9.98 Å². The van der Waals surface area contributed by atoms with Crippen molar-refractivity contribution in [2.45, 2.75) is 34.1 Å². The van der Waals surface area contributed by atoms with Crippen molar-refractivity contribution < 1.29 is 0 Å². The van der Waals surface area contributed by atoms with E-state index in [0.717, 1.165) is 17.8 Å². The molecule has 2 aromatic rings. The highest BCUT2D eigenvalue weighted by atomic mass is 15.1. The monoisotopic (exact) mass is 307 g/mol. The van der Waals surface area contributed by atoms with E-state index in [1.54, 1.807) is 12.7 Å². The van der Waals surface area contributed by atoms with Crippen LogP contribution in [0.5, 0.6) is 0 Å². The van der Waals surface area contributed by atoms with Gasteiger partial charge in [0.15, 0.2) is 0 Å². The third-order valence-electron chi connectivity index (χ3n) is 3.78. The van der Waals surface area contributed by atoms with Crippen LogP contribution in [-0.2, 0) is 6.42 Å². The summed E-state index contributed by atoms with van der Waals surface area (Å²) in [5, 5.41) is 0. The van der Waals surface area contributed by atoms with E-state index in [1.807, 2.05) is 18.0 Å². The molecule has 0 saturated carbocycles. The molecule has 3 nitrogen and oxygen atoms in total. The second-order valence-electron chi connectivity index (χ2n) is 5.92. The predicted molar refractivity (Wildman–Crippen MR) is 101 cm³/mol. The Bertz CT molecular complexity index is 730. The maximum Gasteiger partial charge on any atom is 0.0961 e. The quantitative estimate of drug-likeness (QED) is 0.556. The smallest absolute Gasteiger partial charge is 0.0961 e. The van der Waals surface area contributed by atoms with Crippen LogP contribution in [0.3, 0.4) is 0 Å². The second kappa shape index (κ2) is 7.73. The van der Waals surface area contributed by atoms with E-state index in [1.165, 1.54) is 22.3 Å². The molecule has 120 valence electrons. The molecule has 0 fully saturated rings. The number of aryl methyl sites for hydroxylation is 4. The van der Waals surface area contributed by atoms with Gasteiger partial charge in [-0.25, -0.2) is 9.98 Å². The largest absolute Gasteiger partial charge is 0.326 e. The van der Waals surface area contributed by atoms with E-state index < -0.39 is 0 Å². The van der Waals surface area contributed by atoms with Crippen LogP contribution in [0.15, 0.2) is 46.4 Å². The van der Waals surface area contributed by atoms with Crippen LogP contribution in [0.2, 0.25) is 0 Å². The molecule has 0 N–H and O–H groups in total. The fourth-order valence-corrected chi connectivity index (χ4v) is 2.37. The summed E-state index contributed by atoms with van der Waals surface area (Å²) in [7, 11) is 1.94. The first-order chi connectivity index (χ1) is 11.0. The van der Waals surface area contributed by atoms with Gasteiger partial charge in [-0.05, 0) is 56.0 Å². The van der Waals surface area contributed by atoms with Crippen molar-refractivity contribution in [3.8, 4) is 0 Å². The van der Waals surface area contributed by atoms with Crippen LogP contribution in [-0.4, -0.2) is 24.6 Å². The summed E-state index contributed by atoms with van der Waals surface area (Å²) in [6.45, 7) is 8.42. The molecule has 0 amide bonds. The Kier molecular flexibility index (Phi) is 5.69. The lowest BCUT2D eigenvalue weighted by molar-refractivity contribution is 0.801. The number of rotatable bonds is 5. The Morgan fingerprint density at radius 1 is 0.870 bits per heavy atom. The van der Waals surface area contributed by atoms with E-state index in [9.17, 15) is 0 Å². The van der Waals surface area contributed by atoms with E-state index >= 15 is 0 Å². The van der Waals surface area contributed by atoms with E-state index in [4.69, 9.17) is 0 Å². The van der Waals surface area contributed by atoms with Crippen LogP contribution in [0.1, 0.15) is 29.2 Å². The van der Waals surface area contributed by atoms with Crippen molar-refractivity contribution in [3.05, 3.63) is 58.7 Å². The number of nitrogens with zero attached hydrogens (tertiary/aromatic N) is 3. The number of aliphatic imine (C=N–C) groups is 2. The third-order valence-corrected chi connectivity index (χ3v) is 3.78. The third kappa shape index (κ3) is 4.78. The van der Waals surface area contributed by atoms with Gasteiger partial charge in [0.05, 0.1) is 24.1 Å². The van der Waals surface area contributed by atoms with Gasteiger partial charge in [-0.1, -0.05) is 36.8 Å². The standard InChI is InChI=1S/C20H25N3/c1-6-18-8-10-20(17(4)12-18)22-14-23(5)13-21-19-9-7-15(2)11-16(19)3/h7-14H,6H2,1-5H3/b21-13?,22-14+. The van der Waals surface area contributed by atoms with Crippen molar-refractivity contribution >= 4 is 24.1 Å². The second-order valence-corrected chi connectivity index (χ2v) is 5.92. The van der Waals surface area contributed by atoms with Gasteiger partial charge < -0.3 is 4.90 Å². The molecular weight excluding hydrogens is 282 g/mol. The zero-order valence-electron chi connectivity index (χ0n) is 14.7. The minimum absolute atomic E-state index is 0.985. The van der Waals surface area contributed by atoms with Gasteiger partial charge in [-0.3, -0.25) is 0 Å². The molecule has 0 saturated heterocycles. The molecule has 23 heavy (non-hydrogen) atoms. The van der Waals surface area contributed by atoms with E-state index in [0.29, 0.717) is 0 Å². The number of hydrogen-bond acceptors (Lipinski definition) is 2. The normalized spacial score (nSPS) is 11.5.